The van der Waals surface area contributed by atoms with Gasteiger partial charge in [-0.25, -0.2) is 0 Å². The minimum absolute atomic E-state index is 0.300. The van der Waals surface area contributed by atoms with Gasteiger partial charge in [-0.3, -0.25) is 4.79 Å². The number of aryl methyl sites for hydroxylation is 1. The van der Waals surface area contributed by atoms with Gasteiger partial charge in [0.15, 0.2) is 0 Å². The Bertz CT molecular complexity index is 341. The highest BCUT2D eigenvalue weighted by molar-refractivity contribution is 8.00. The smallest absolute Gasteiger partial charge is 0.317 e. The average Bonchev–Trinajstić information content (AvgIpc) is 2.87. The zero-order chi connectivity index (χ0) is 10.1. The third-order valence-electron chi connectivity index (χ3n) is 2.36. The maximum absolute atomic E-state index is 11.0. The summed E-state index contributed by atoms with van der Waals surface area (Å²) in [6, 6.07) is 1.83. The molecule has 1 heterocycles. The van der Waals surface area contributed by atoms with Crippen LogP contribution in [0.5, 0.6) is 0 Å². The van der Waals surface area contributed by atoms with E-state index < -0.39 is 5.97 Å². The summed E-state index contributed by atoms with van der Waals surface area (Å²) >= 11 is 1.41. The van der Waals surface area contributed by atoms with Gasteiger partial charge in [-0.1, -0.05) is 0 Å². The Morgan fingerprint density at radius 3 is 2.86 bits per heavy atom. The SMILES string of the molecule is Cc1occc1SC(C(=O)O)C1CC1. The molecule has 0 bridgehead atoms. The molecule has 0 radical (unpaired) electrons. The molecule has 1 fully saturated rings. The fraction of sp³-hybridized carbons (Fsp3) is 0.500. The number of aliphatic carboxylic acids is 1. The normalized spacial score (nSPS) is 18.1. The van der Waals surface area contributed by atoms with Gasteiger partial charge in [-0.05, 0) is 31.7 Å². The Morgan fingerprint density at radius 1 is 1.71 bits per heavy atom. The lowest BCUT2D eigenvalue weighted by Gasteiger charge is -2.09. The standard InChI is InChI=1S/C10H12O3S/c1-6-8(4-5-13-6)14-9(10(11)12)7-2-3-7/h4-5,7,9H,2-3H2,1H3,(H,11,12). The third kappa shape index (κ3) is 1.95. The van der Waals surface area contributed by atoms with E-state index in [1.54, 1.807) is 6.26 Å². The molecule has 1 aromatic rings. The van der Waals surface area contributed by atoms with Crippen LogP contribution in [0, 0.1) is 12.8 Å². The first kappa shape index (κ1) is 9.65. The number of carboxylic acid groups (broad SMARTS) is 1. The summed E-state index contributed by atoms with van der Waals surface area (Å²) in [7, 11) is 0. The van der Waals surface area contributed by atoms with Crippen LogP contribution in [0.2, 0.25) is 0 Å². The van der Waals surface area contributed by atoms with Crippen LogP contribution < -0.4 is 0 Å². The van der Waals surface area contributed by atoms with E-state index in [0.29, 0.717) is 5.92 Å². The maximum Gasteiger partial charge on any atom is 0.317 e. The van der Waals surface area contributed by atoms with E-state index >= 15 is 0 Å². The Labute approximate surface area is 86.5 Å². The van der Waals surface area contributed by atoms with Crippen LogP contribution in [0.15, 0.2) is 21.6 Å². The number of carboxylic acids is 1. The Balaban J connectivity index is 2.07. The summed E-state index contributed by atoms with van der Waals surface area (Å²) in [6.45, 7) is 1.86. The lowest BCUT2D eigenvalue weighted by Crippen LogP contribution is -2.18. The highest BCUT2D eigenvalue weighted by atomic mass is 32.2. The molecule has 1 aromatic heterocycles. The zero-order valence-corrected chi connectivity index (χ0v) is 8.71. The number of hydrogen-bond donors (Lipinski definition) is 1. The molecule has 1 aliphatic carbocycles. The number of rotatable bonds is 4. The number of thioether (sulfide) groups is 1. The summed E-state index contributed by atoms with van der Waals surface area (Å²) in [5, 5.41) is 8.72. The van der Waals surface area contributed by atoms with Gasteiger partial charge in [0, 0.05) is 4.90 Å². The van der Waals surface area contributed by atoms with Gasteiger partial charge in [-0.15, -0.1) is 11.8 Å². The number of furan rings is 1. The zero-order valence-electron chi connectivity index (χ0n) is 7.90. The molecule has 4 heteroatoms. The van der Waals surface area contributed by atoms with Crippen molar-refractivity contribution >= 4 is 17.7 Å². The summed E-state index contributed by atoms with van der Waals surface area (Å²) in [4.78, 5) is 11.9. The van der Waals surface area contributed by atoms with Crippen LogP contribution >= 0.6 is 11.8 Å². The highest BCUT2D eigenvalue weighted by Crippen LogP contribution is 2.42. The molecule has 76 valence electrons. The topological polar surface area (TPSA) is 50.4 Å². The first-order chi connectivity index (χ1) is 6.68. The van der Waals surface area contributed by atoms with Gasteiger partial charge in [0.2, 0.25) is 0 Å². The molecule has 1 aliphatic rings. The summed E-state index contributed by atoms with van der Waals surface area (Å²) in [6.07, 6.45) is 3.69. The lowest BCUT2D eigenvalue weighted by atomic mass is 10.3. The van der Waals surface area contributed by atoms with Crippen LogP contribution in [0.4, 0.5) is 0 Å². The van der Waals surface area contributed by atoms with Gasteiger partial charge in [0.25, 0.3) is 0 Å². The number of hydrogen-bond acceptors (Lipinski definition) is 3. The van der Waals surface area contributed by atoms with E-state index in [2.05, 4.69) is 0 Å². The average molecular weight is 212 g/mol. The fourth-order valence-electron chi connectivity index (χ4n) is 1.38. The minimum Gasteiger partial charge on any atom is -0.480 e. The number of carbonyl (C=O) groups is 1. The van der Waals surface area contributed by atoms with E-state index in [-0.39, 0.29) is 5.25 Å². The van der Waals surface area contributed by atoms with E-state index in [9.17, 15) is 4.79 Å². The molecule has 0 saturated heterocycles. The molecule has 0 aromatic carbocycles. The van der Waals surface area contributed by atoms with Crippen molar-refractivity contribution in [1.82, 2.24) is 0 Å². The van der Waals surface area contributed by atoms with Crippen molar-refractivity contribution in [2.45, 2.75) is 29.9 Å². The van der Waals surface area contributed by atoms with Gasteiger partial charge >= 0.3 is 5.97 Å². The van der Waals surface area contributed by atoms with Crippen molar-refractivity contribution in [2.24, 2.45) is 5.92 Å². The summed E-state index contributed by atoms with van der Waals surface area (Å²) in [5.41, 5.74) is 0. The second-order valence-electron chi connectivity index (χ2n) is 3.56. The van der Waals surface area contributed by atoms with E-state index in [1.165, 1.54) is 11.8 Å². The quantitative estimate of drug-likeness (QED) is 0.779. The Morgan fingerprint density at radius 2 is 2.43 bits per heavy atom. The molecule has 0 amide bonds. The summed E-state index contributed by atoms with van der Waals surface area (Å²) in [5.74, 6) is 0.451. The Hall–Kier alpha value is -0.900. The second kappa shape index (κ2) is 3.69. The van der Waals surface area contributed by atoms with Gasteiger partial charge in [-0.2, -0.15) is 0 Å². The van der Waals surface area contributed by atoms with Gasteiger partial charge in [0.1, 0.15) is 11.0 Å². The predicted octanol–water partition coefficient (Wildman–Crippen LogP) is 2.54. The molecule has 1 N–H and O–H groups in total. The van der Waals surface area contributed by atoms with Gasteiger partial charge < -0.3 is 9.52 Å². The predicted molar refractivity (Wildman–Crippen MR) is 53.4 cm³/mol. The molecular formula is C10H12O3S. The van der Waals surface area contributed by atoms with Crippen LogP contribution in [-0.2, 0) is 4.79 Å². The molecule has 1 saturated carbocycles. The van der Waals surface area contributed by atoms with Gasteiger partial charge in [0.05, 0.1) is 6.26 Å². The first-order valence-electron chi connectivity index (χ1n) is 4.62. The molecule has 1 atom stereocenters. The second-order valence-corrected chi connectivity index (χ2v) is 4.74. The van der Waals surface area contributed by atoms with Crippen molar-refractivity contribution in [3.05, 3.63) is 18.1 Å². The molecule has 3 nitrogen and oxygen atoms in total. The fourth-order valence-corrected chi connectivity index (χ4v) is 2.57. The van der Waals surface area contributed by atoms with Crippen LogP contribution in [0.3, 0.4) is 0 Å². The molecule has 2 rings (SSSR count). The summed E-state index contributed by atoms with van der Waals surface area (Å²) < 4.78 is 5.13. The molecule has 1 unspecified atom stereocenters. The Kier molecular flexibility index (Phi) is 2.54. The van der Waals surface area contributed by atoms with E-state index in [0.717, 1.165) is 23.5 Å². The van der Waals surface area contributed by atoms with Crippen LogP contribution in [0.1, 0.15) is 18.6 Å². The minimum atomic E-state index is -0.710. The van der Waals surface area contributed by atoms with Crippen molar-refractivity contribution in [2.75, 3.05) is 0 Å². The molecule has 0 spiro atoms. The largest absolute Gasteiger partial charge is 0.480 e. The van der Waals surface area contributed by atoms with Crippen LogP contribution in [0.25, 0.3) is 0 Å². The van der Waals surface area contributed by atoms with E-state index in [4.69, 9.17) is 9.52 Å². The highest BCUT2D eigenvalue weighted by Gasteiger charge is 2.37. The first-order valence-corrected chi connectivity index (χ1v) is 5.50. The molecule has 14 heavy (non-hydrogen) atoms. The molecule has 0 aliphatic heterocycles. The third-order valence-corrected chi connectivity index (χ3v) is 3.88. The maximum atomic E-state index is 11.0. The molecular weight excluding hydrogens is 200 g/mol. The van der Waals surface area contributed by atoms with E-state index in [1.807, 2.05) is 13.0 Å². The van der Waals surface area contributed by atoms with Crippen molar-refractivity contribution in [1.29, 1.82) is 0 Å². The lowest BCUT2D eigenvalue weighted by molar-refractivity contribution is -0.136. The monoisotopic (exact) mass is 212 g/mol. The van der Waals surface area contributed by atoms with Crippen molar-refractivity contribution in [3.8, 4) is 0 Å². The van der Waals surface area contributed by atoms with Crippen molar-refractivity contribution in [3.63, 3.8) is 0 Å². The van der Waals surface area contributed by atoms with Crippen molar-refractivity contribution < 1.29 is 14.3 Å². The van der Waals surface area contributed by atoms with Crippen LogP contribution in [-0.4, -0.2) is 16.3 Å².